The predicted molar refractivity (Wildman–Crippen MR) is 57.1 cm³/mol. The first-order chi connectivity index (χ1) is 7.36. The van der Waals surface area contributed by atoms with Gasteiger partial charge in [0.05, 0.1) is 5.69 Å². The third-order valence-electron chi connectivity index (χ3n) is 2.61. The molecule has 0 aromatic carbocycles. The Labute approximate surface area is 87.6 Å². The van der Waals surface area contributed by atoms with Crippen LogP contribution in [0.3, 0.4) is 0 Å². The van der Waals surface area contributed by atoms with E-state index in [2.05, 4.69) is 21.0 Å². The van der Waals surface area contributed by atoms with Crippen molar-refractivity contribution in [3.8, 4) is 0 Å². The smallest absolute Gasteiger partial charge is 0.156 e. The molecule has 0 saturated carbocycles. The molecule has 2 aromatic heterocycles. The van der Waals surface area contributed by atoms with Gasteiger partial charge in [-0.2, -0.15) is 0 Å². The molecule has 74 valence electrons. The lowest BCUT2D eigenvalue weighted by atomic mass is 10.1. The van der Waals surface area contributed by atoms with E-state index in [9.17, 15) is 0 Å². The zero-order valence-corrected chi connectivity index (χ0v) is 8.38. The molecule has 1 aliphatic heterocycles. The van der Waals surface area contributed by atoms with Gasteiger partial charge < -0.3 is 4.90 Å². The van der Waals surface area contributed by atoms with E-state index in [1.807, 2.05) is 18.0 Å². The molecular weight excluding hydrogens is 188 g/mol. The van der Waals surface area contributed by atoms with Gasteiger partial charge in [0, 0.05) is 37.6 Å². The van der Waals surface area contributed by atoms with E-state index in [0.717, 1.165) is 23.8 Å². The highest BCUT2D eigenvalue weighted by Gasteiger charge is 2.21. The Bertz CT molecular complexity index is 464. The Kier molecular flexibility index (Phi) is 1.68. The summed E-state index contributed by atoms with van der Waals surface area (Å²) in [5.41, 5.74) is 2.22. The molecule has 15 heavy (non-hydrogen) atoms. The molecule has 0 amide bonds. The van der Waals surface area contributed by atoms with Crippen LogP contribution in [0.1, 0.15) is 11.3 Å². The second-order valence-electron chi connectivity index (χ2n) is 3.55. The van der Waals surface area contributed by atoms with Crippen LogP contribution < -0.4 is 4.90 Å². The molecule has 0 N–H and O–H groups in total. The summed E-state index contributed by atoms with van der Waals surface area (Å²) < 4.78 is 0. The maximum Gasteiger partial charge on any atom is 0.156 e. The summed E-state index contributed by atoms with van der Waals surface area (Å²) >= 11 is 0. The summed E-state index contributed by atoms with van der Waals surface area (Å²) in [6, 6.07) is 4.03. The molecule has 3 rings (SSSR count). The Hall–Kier alpha value is -1.97. The summed E-state index contributed by atoms with van der Waals surface area (Å²) in [5.74, 6) is 1.88. The normalized spacial score (nSPS) is 13.3. The number of fused-ring (bicyclic) bond motifs is 2. The van der Waals surface area contributed by atoms with Gasteiger partial charge in [-0.3, -0.25) is 4.98 Å². The largest absolute Gasteiger partial charge is 0.312 e. The third-order valence-corrected chi connectivity index (χ3v) is 2.61. The van der Waals surface area contributed by atoms with E-state index in [1.54, 1.807) is 18.6 Å². The molecule has 4 heteroatoms. The van der Waals surface area contributed by atoms with Crippen LogP contribution in [0.5, 0.6) is 0 Å². The van der Waals surface area contributed by atoms with Crippen LogP contribution in [0.25, 0.3) is 0 Å². The summed E-state index contributed by atoms with van der Waals surface area (Å²) in [4.78, 5) is 15.0. The number of pyridine rings is 1. The Morgan fingerprint density at radius 3 is 2.80 bits per heavy atom. The molecule has 0 saturated heterocycles. The van der Waals surface area contributed by atoms with Crippen LogP contribution >= 0.6 is 0 Å². The molecule has 0 aliphatic carbocycles. The van der Waals surface area contributed by atoms with Crippen molar-refractivity contribution in [3.05, 3.63) is 42.0 Å². The van der Waals surface area contributed by atoms with Crippen molar-refractivity contribution in [2.75, 3.05) is 11.9 Å². The molecule has 1 aliphatic rings. The fourth-order valence-electron chi connectivity index (χ4n) is 1.92. The standard InChI is InChI=1S/C11H10N4/c1-15-10-8(3-2-4-13-10)7-9-11(15)14-6-5-12-9/h2-6H,7H2,1H3. The van der Waals surface area contributed by atoms with Gasteiger partial charge in [-0.25, -0.2) is 9.97 Å². The highest BCUT2D eigenvalue weighted by atomic mass is 15.2. The van der Waals surface area contributed by atoms with Gasteiger partial charge in [0.1, 0.15) is 5.82 Å². The van der Waals surface area contributed by atoms with Gasteiger partial charge in [-0.15, -0.1) is 0 Å². The van der Waals surface area contributed by atoms with Crippen molar-refractivity contribution in [2.24, 2.45) is 0 Å². The minimum atomic E-state index is 0.816. The van der Waals surface area contributed by atoms with Gasteiger partial charge in [0.2, 0.25) is 0 Å². The van der Waals surface area contributed by atoms with Crippen LogP contribution in [0.15, 0.2) is 30.7 Å². The first-order valence-corrected chi connectivity index (χ1v) is 4.84. The van der Waals surface area contributed by atoms with E-state index in [1.165, 1.54) is 5.56 Å². The second kappa shape index (κ2) is 3.02. The summed E-state index contributed by atoms with van der Waals surface area (Å²) in [5, 5.41) is 0. The molecule has 0 atom stereocenters. The van der Waals surface area contributed by atoms with Crippen molar-refractivity contribution in [1.29, 1.82) is 0 Å². The first kappa shape index (κ1) is 8.35. The molecule has 3 heterocycles. The van der Waals surface area contributed by atoms with Crippen molar-refractivity contribution >= 4 is 11.6 Å². The van der Waals surface area contributed by atoms with E-state index in [4.69, 9.17) is 0 Å². The second-order valence-corrected chi connectivity index (χ2v) is 3.55. The molecular formula is C11H10N4. The van der Waals surface area contributed by atoms with Gasteiger partial charge >= 0.3 is 0 Å². The average Bonchev–Trinajstić information content (AvgIpc) is 2.30. The summed E-state index contributed by atoms with van der Waals surface area (Å²) in [7, 11) is 1.97. The van der Waals surface area contributed by atoms with E-state index < -0.39 is 0 Å². The number of hydrogen-bond donors (Lipinski definition) is 0. The molecule has 0 spiro atoms. The van der Waals surface area contributed by atoms with E-state index in [-0.39, 0.29) is 0 Å². The number of rotatable bonds is 0. The fourth-order valence-corrected chi connectivity index (χ4v) is 1.92. The van der Waals surface area contributed by atoms with Gasteiger partial charge in [0.25, 0.3) is 0 Å². The maximum absolute atomic E-state index is 4.36. The van der Waals surface area contributed by atoms with Crippen LogP contribution in [0.2, 0.25) is 0 Å². The molecule has 0 radical (unpaired) electrons. The number of anilines is 2. The Morgan fingerprint density at radius 1 is 1.07 bits per heavy atom. The first-order valence-electron chi connectivity index (χ1n) is 4.84. The Morgan fingerprint density at radius 2 is 1.87 bits per heavy atom. The lowest BCUT2D eigenvalue weighted by Crippen LogP contribution is -2.21. The van der Waals surface area contributed by atoms with Crippen molar-refractivity contribution in [1.82, 2.24) is 15.0 Å². The van der Waals surface area contributed by atoms with Crippen LogP contribution in [-0.4, -0.2) is 22.0 Å². The quantitative estimate of drug-likeness (QED) is 0.644. The third kappa shape index (κ3) is 1.18. The van der Waals surface area contributed by atoms with Crippen LogP contribution in [0, 0.1) is 0 Å². The lowest BCUT2D eigenvalue weighted by molar-refractivity contribution is 0.923. The summed E-state index contributed by atoms with van der Waals surface area (Å²) in [6.45, 7) is 0. The minimum Gasteiger partial charge on any atom is -0.312 e. The molecule has 0 fully saturated rings. The van der Waals surface area contributed by atoms with Crippen molar-refractivity contribution in [2.45, 2.75) is 6.42 Å². The average molecular weight is 198 g/mol. The molecule has 4 nitrogen and oxygen atoms in total. The van der Waals surface area contributed by atoms with Crippen molar-refractivity contribution in [3.63, 3.8) is 0 Å². The molecule has 2 aromatic rings. The van der Waals surface area contributed by atoms with Gasteiger partial charge in [-0.1, -0.05) is 6.07 Å². The lowest BCUT2D eigenvalue weighted by Gasteiger charge is -2.26. The molecule has 0 unspecified atom stereocenters. The number of nitrogens with zero attached hydrogens (tertiary/aromatic N) is 4. The topological polar surface area (TPSA) is 41.9 Å². The monoisotopic (exact) mass is 198 g/mol. The SMILES string of the molecule is CN1c2ncccc2Cc2nccnc21. The van der Waals surface area contributed by atoms with Crippen LogP contribution in [-0.2, 0) is 6.42 Å². The number of aromatic nitrogens is 3. The predicted octanol–water partition coefficient (Wildman–Crippen LogP) is 1.54. The van der Waals surface area contributed by atoms with E-state index >= 15 is 0 Å². The zero-order chi connectivity index (χ0) is 10.3. The minimum absolute atomic E-state index is 0.816. The van der Waals surface area contributed by atoms with Gasteiger partial charge in [0.15, 0.2) is 5.82 Å². The van der Waals surface area contributed by atoms with Crippen molar-refractivity contribution < 1.29 is 0 Å². The highest BCUT2D eigenvalue weighted by molar-refractivity contribution is 5.65. The zero-order valence-electron chi connectivity index (χ0n) is 8.38. The van der Waals surface area contributed by atoms with E-state index in [0.29, 0.717) is 0 Å². The highest BCUT2D eigenvalue weighted by Crippen LogP contribution is 2.32. The molecule has 0 bridgehead atoms. The Balaban J connectivity index is 2.20. The number of hydrogen-bond acceptors (Lipinski definition) is 4. The van der Waals surface area contributed by atoms with Gasteiger partial charge in [-0.05, 0) is 6.07 Å². The maximum atomic E-state index is 4.36. The summed E-state index contributed by atoms with van der Waals surface area (Å²) in [6.07, 6.45) is 6.06. The fraction of sp³-hybridized carbons (Fsp3) is 0.182. The van der Waals surface area contributed by atoms with Crippen LogP contribution in [0.4, 0.5) is 11.6 Å².